The van der Waals surface area contributed by atoms with E-state index >= 15 is 0 Å². The normalized spacial score (nSPS) is 17.7. The average Bonchev–Trinajstić information content (AvgIpc) is 2.56. The van der Waals surface area contributed by atoms with Crippen molar-refractivity contribution in [2.45, 2.75) is 26.2 Å². The summed E-state index contributed by atoms with van der Waals surface area (Å²) in [7, 11) is 0. The Morgan fingerprint density at radius 3 is 2.96 bits per heavy atom. The van der Waals surface area contributed by atoms with Gasteiger partial charge >= 0.3 is 6.09 Å². The van der Waals surface area contributed by atoms with Gasteiger partial charge in [-0.2, -0.15) is 0 Å². The van der Waals surface area contributed by atoms with Crippen molar-refractivity contribution in [2.24, 2.45) is 5.92 Å². The number of piperidine rings is 1. The number of nitrogens with zero attached hydrogens (tertiary/aromatic N) is 1. The van der Waals surface area contributed by atoms with Crippen LogP contribution in [-0.2, 0) is 9.53 Å². The molecule has 1 saturated heterocycles. The molecule has 1 atom stereocenters. The van der Waals surface area contributed by atoms with Gasteiger partial charge in [-0.05, 0) is 37.5 Å². The second-order valence-corrected chi connectivity index (χ2v) is 5.92. The molecule has 0 aliphatic carbocycles. The van der Waals surface area contributed by atoms with Crippen LogP contribution in [-0.4, -0.2) is 36.6 Å². The van der Waals surface area contributed by atoms with Crippen LogP contribution in [0.25, 0.3) is 0 Å². The van der Waals surface area contributed by atoms with Gasteiger partial charge in [-0.25, -0.2) is 9.18 Å². The molecule has 5 nitrogen and oxygen atoms in total. The van der Waals surface area contributed by atoms with Crippen molar-refractivity contribution in [1.82, 2.24) is 4.90 Å². The van der Waals surface area contributed by atoms with Crippen LogP contribution < -0.4 is 5.32 Å². The third-order valence-electron chi connectivity index (χ3n) is 3.67. The van der Waals surface area contributed by atoms with Gasteiger partial charge in [0.15, 0.2) is 0 Å². The molecule has 1 aliphatic heterocycles. The second-order valence-electron chi connectivity index (χ2n) is 5.52. The molecule has 1 aromatic rings. The van der Waals surface area contributed by atoms with Gasteiger partial charge in [0.05, 0.1) is 17.5 Å². The lowest BCUT2D eigenvalue weighted by Crippen LogP contribution is -2.44. The van der Waals surface area contributed by atoms with Crippen molar-refractivity contribution in [3.05, 3.63) is 29.0 Å². The summed E-state index contributed by atoms with van der Waals surface area (Å²) in [6.07, 6.45) is 1.78. The van der Waals surface area contributed by atoms with Gasteiger partial charge in [0.25, 0.3) is 0 Å². The van der Waals surface area contributed by atoms with E-state index in [1.807, 2.05) is 6.92 Å². The van der Waals surface area contributed by atoms with E-state index in [1.54, 1.807) is 11.0 Å². The molecule has 1 N–H and O–H groups in total. The molecule has 1 aromatic carbocycles. The van der Waals surface area contributed by atoms with E-state index in [9.17, 15) is 14.0 Å². The van der Waals surface area contributed by atoms with Crippen LogP contribution in [0.15, 0.2) is 18.2 Å². The van der Waals surface area contributed by atoms with Crippen molar-refractivity contribution in [2.75, 3.05) is 25.0 Å². The van der Waals surface area contributed by atoms with Gasteiger partial charge < -0.3 is 15.0 Å². The van der Waals surface area contributed by atoms with Gasteiger partial charge in [-0.15, -0.1) is 0 Å². The first-order valence-corrected chi connectivity index (χ1v) is 8.06. The Balaban J connectivity index is 1.93. The molecule has 1 heterocycles. The molecule has 2 amide bonds. The van der Waals surface area contributed by atoms with Crippen molar-refractivity contribution >= 4 is 29.3 Å². The van der Waals surface area contributed by atoms with Crippen LogP contribution in [0.1, 0.15) is 26.2 Å². The van der Waals surface area contributed by atoms with E-state index < -0.39 is 5.82 Å². The zero-order valence-corrected chi connectivity index (χ0v) is 13.7. The van der Waals surface area contributed by atoms with Gasteiger partial charge in [-0.1, -0.05) is 18.5 Å². The lowest BCUT2D eigenvalue weighted by Gasteiger charge is -2.31. The van der Waals surface area contributed by atoms with Crippen LogP contribution in [0.5, 0.6) is 0 Å². The monoisotopic (exact) mass is 342 g/mol. The number of rotatable bonds is 4. The maximum Gasteiger partial charge on any atom is 0.409 e. The number of benzene rings is 1. The molecule has 1 fully saturated rings. The molecule has 1 unspecified atom stereocenters. The molecule has 0 bridgehead atoms. The fourth-order valence-corrected chi connectivity index (χ4v) is 2.57. The van der Waals surface area contributed by atoms with Crippen molar-refractivity contribution in [3.63, 3.8) is 0 Å². The van der Waals surface area contributed by atoms with Crippen LogP contribution in [0.4, 0.5) is 14.9 Å². The number of halogens is 2. The van der Waals surface area contributed by atoms with Crippen molar-refractivity contribution in [1.29, 1.82) is 0 Å². The summed E-state index contributed by atoms with van der Waals surface area (Å²) in [5.74, 6) is -1.16. The number of hydrogen-bond acceptors (Lipinski definition) is 3. The minimum absolute atomic E-state index is 0.00510. The van der Waals surface area contributed by atoms with Gasteiger partial charge in [0, 0.05) is 18.8 Å². The number of anilines is 1. The molecule has 0 aromatic heterocycles. The first-order chi connectivity index (χ1) is 11.0. The standard InChI is InChI=1S/C16H20ClFN2O3/c1-2-8-23-16(22)20-7-3-4-11(10-20)15(21)19-12-5-6-13(17)14(18)9-12/h5-6,9,11H,2-4,7-8,10H2,1H3,(H,19,21). The fourth-order valence-electron chi connectivity index (χ4n) is 2.46. The third-order valence-corrected chi connectivity index (χ3v) is 3.97. The summed E-state index contributed by atoms with van der Waals surface area (Å²) in [5.41, 5.74) is 0.350. The van der Waals surface area contributed by atoms with E-state index in [1.165, 1.54) is 12.1 Å². The highest BCUT2D eigenvalue weighted by Crippen LogP contribution is 2.22. The molecular formula is C16H20ClFN2O3. The van der Waals surface area contributed by atoms with E-state index in [-0.39, 0.29) is 22.9 Å². The summed E-state index contributed by atoms with van der Waals surface area (Å²) in [6.45, 7) is 3.19. The van der Waals surface area contributed by atoms with Crippen LogP contribution in [0.2, 0.25) is 5.02 Å². The Bertz CT molecular complexity index is 582. The molecule has 0 saturated carbocycles. The average molecular weight is 343 g/mol. The predicted octanol–water partition coefficient (Wildman–Crippen LogP) is 3.68. The summed E-state index contributed by atoms with van der Waals surface area (Å²) >= 11 is 5.62. The smallest absolute Gasteiger partial charge is 0.409 e. The number of carbonyl (C=O) groups is 2. The molecule has 23 heavy (non-hydrogen) atoms. The Hall–Kier alpha value is -1.82. The molecule has 7 heteroatoms. The summed E-state index contributed by atoms with van der Waals surface area (Å²) in [6, 6.07) is 4.11. The highest BCUT2D eigenvalue weighted by atomic mass is 35.5. The Labute approximate surface area is 139 Å². The molecule has 0 spiro atoms. The van der Waals surface area contributed by atoms with Crippen LogP contribution in [0, 0.1) is 11.7 Å². The van der Waals surface area contributed by atoms with E-state index in [0.29, 0.717) is 31.8 Å². The number of likely N-dealkylation sites (tertiary alicyclic amines) is 1. The Morgan fingerprint density at radius 1 is 1.48 bits per heavy atom. The number of amides is 2. The lowest BCUT2D eigenvalue weighted by atomic mass is 9.97. The fraction of sp³-hybridized carbons (Fsp3) is 0.500. The predicted molar refractivity (Wildman–Crippen MR) is 86.0 cm³/mol. The highest BCUT2D eigenvalue weighted by Gasteiger charge is 2.29. The zero-order valence-electron chi connectivity index (χ0n) is 13.0. The minimum Gasteiger partial charge on any atom is -0.449 e. The second kappa shape index (κ2) is 8.15. The quantitative estimate of drug-likeness (QED) is 0.908. The first-order valence-electron chi connectivity index (χ1n) is 7.69. The molecule has 0 radical (unpaired) electrons. The summed E-state index contributed by atoms with van der Waals surface area (Å²) < 4.78 is 18.5. The minimum atomic E-state index is -0.585. The molecule has 126 valence electrons. The number of ether oxygens (including phenoxy) is 1. The van der Waals surface area contributed by atoms with Crippen LogP contribution in [0.3, 0.4) is 0 Å². The number of carbonyl (C=O) groups excluding carboxylic acids is 2. The van der Waals surface area contributed by atoms with E-state index in [2.05, 4.69) is 5.32 Å². The maximum absolute atomic E-state index is 13.4. The highest BCUT2D eigenvalue weighted by molar-refractivity contribution is 6.30. The largest absolute Gasteiger partial charge is 0.449 e. The van der Waals surface area contributed by atoms with Gasteiger partial charge in [0.1, 0.15) is 5.82 Å². The van der Waals surface area contributed by atoms with Gasteiger partial charge in [-0.3, -0.25) is 4.79 Å². The van der Waals surface area contributed by atoms with Crippen LogP contribution >= 0.6 is 11.6 Å². The number of nitrogens with one attached hydrogen (secondary N) is 1. The van der Waals surface area contributed by atoms with Gasteiger partial charge in [0.2, 0.25) is 5.91 Å². The summed E-state index contributed by atoms with van der Waals surface area (Å²) in [4.78, 5) is 25.7. The van der Waals surface area contributed by atoms with E-state index in [0.717, 1.165) is 12.8 Å². The maximum atomic E-state index is 13.4. The molecule has 1 aliphatic rings. The zero-order chi connectivity index (χ0) is 16.8. The van der Waals surface area contributed by atoms with Crippen molar-refractivity contribution < 1.29 is 18.7 Å². The van der Waals surface area contributed by atoms with E-state index in [4.69, 9.17) is 16.3 Å². The summed E-state index contributed by atoms with van der Waals surface area (Å²) in [5, 5.41) is 2.67. The Kier molecular flexibility index (Phi) is 6.21. The SMILES string of the molecule is CCCOC(=O)N1CCCC(C(=O)Nc2ccc(Cl)c(F)c2)C1. The Morgan fingerprint density at radius 2 is 2.26 bits per heavy atom. The molecule has 2 rings (SSSR count). The third kappa shape index (κ3) is 4.82. The van der Waals surface area contributed by atoms with Crippen molar-refractivity contribution in [3.8, 4) is 0 Å². The first kappa shape index (κ1) is 17.5. The lowest BCUT2D eigenvalue weighted by molar-refractivity contribution is -0.121. The number of hydrogen-bond donors (Lipinski definition) is 1. The topological polar surface area (TPSA) is 58.6 Å². The molecular weight excluding hydrogens is 323 g/mol.